The van der Waals surface area contributed by atoms with Gasteiger partial charge in [0.15, 0.2) is 0 Å². The van der Waals surface area contributed by atoms with Crippen molar-refractivity contribution >= 4 is 11.9 Å². The standard InChI is InChI=1S/C75H145NO5/c1-3-5-7-9-11-13-15-17-19-21-22-32-36-39-43-47-51-55-59-63-67-73(78)72(71-77)76-74(79)68-64-60-56-52-48-44-40-37-33-30-28-26-24-23-25-27-29-31-34-38-42-46-50-54-58-62-66-70-81-75(80)69-65-61-57-53-49-45-41-35-20-18-16-14-12-10-8-6-4-2/h18,20,63,67,72-73,77-78H,3-17,19,21-62,64-66,68-71H2,1-2H3,(H,76,79)/b20-18-,67-63+. The minimum Gasteiger partial charge on any atom is -0.466 e. The molecule has 0 spiro atoms. The Hall–Kier alpha value is -1.66. The van der Waals surface area contributed by atoms with E-state index in [-0.39, 0.29) is 18.5 Å². The van der Waals surface area contributed by atoms with Crippen LogP contribution >= 0.6 is 0 Å². The number of esters is 1. The highest BCUT2D eigenvalue weighted by Crippen LogP contribution is 2.19. The molecular formula is C75H145NO5. The maximum Gasteiger partial charge on any atom is 0.305 e. The normalized spacial score (nSPS) is 12.6. The van der Waals surface area contributed by atoms with E-state index < -0.39 is 12.1 Å². The Kier molecular flexibility index (Phi) is 69.4. The summed E-state index contributed by atoms with van der Waals surface area (Å²) in [6.45, 7) is 4.94. The van der Waals surface area contributed by atoms with E-state index in [9.17, 15) is 19.8 Å². The van der Waals surface area contributed by atoms with Crippen molar-refractivity contribution in [1.29, 1.82) is 0 Å². The van der Waals surface area contributed by atoms with Crippen LogP contribution in [0.15, 0.2) is 24.3 Å². The molecule has 0 heterocycles. The van der Waals surface area contributed by atoms with Gasteiger partial charge in [-0.1, -0.05) is 372 Å². The van der Waals surface area contributed by atoms with E-state index in [1.165, 1.54) is 347 Å². The number of carbonyl (C=O) groups is 2. The minimum atomic E-state index is -0.843. The molecule has 0 saturated heterocycles. The van der Waals surface area contributed by atoms with Gasteiger partial charge in [-0.2, -0.15) is 0 Å². The number of ether oxygens (including phenoxy) is 1. The summed E-state index contributed by atoms with van der Waals surface area (Å²) in [4.78, 5) is 24.6. The fourth-order valence-corrected chi connectivity index (χ4v) is 11.8. The number of aliphatic hydroxyl groups excluding tert-OH is 2. The SMILES string of the molecule is CCCCCCCC/C=C\CCCCCCCCCC(=O)OCCCCCCCCCCCCCCCCCCCCCCCCCCCCCC(=O)NC(CO)C(O)/C=C/CCCCCCCCCCCCCCCCCCCC. The van der Waals surface area contributed by atoms with E-state index in [4.69, 9.17) is 4.74 Å². The molecule has 6 heteroatoms. The largest absolute Gasteiger partial charge is 0.466 e. The molecule has 0 aliphatic heterocycles. The van der Waals surface area contributed by atoms with E-state index in [2.05, 4.69) is 31.3 Å². The summed E-state index contributed by atoms with van der Waals surface area (Å²) < 4.78 is 5.51. The number of rotatable bonds is 70. The number of unbranched alkanes of at least 4 members (excludes halogenated alkanes) is 57. The zero-order valence-corrected chi connectivity index (χ0v) is 55.0. The second-order valence-corrected chi connectivity index (χ2v) is 25.6. The molecule has 0 saturated carbocycles. The average molecular weight is 1140 g/mol. The van der Waals surface area contributed by atoms with E-state index in [1.807, 2.05) is 6.08 Å². The molecular weight excluding hydrogens is 995 g/mol. The molecule has 2 atom stereocenters. The van der Waals surface area contributed by atoms with E-state index in [0.29, 0.717) is 19.4 Å². The summed E-state index contributed by atoms with van der Waals surface area (Å²) in [6.07, 6.45) is 89.8. The fourth-order valence-electron chi connectivity index (χ4n) is 11.8. The zero-order chi connectivity index (χ0) is 58.5. The van der Waals surface area contributed by atoms with Crippen molar-refractivity contribution in [2.75, 3.05) is 13.2 Å². The van der Waals surface area contributed by atoms with Gasteiger partial charge in [-0.05, 0) is 57.8 Å². The number of carbonyl (C=O) groups excluding carboxylic acids is 2. The fraction of sp³-hybridized carbons (Fsp3) is 0.920. The van der Waals surface area contributed by atoms with Crippen LogP contribution in [0, 0.1) is 0 Å². The third kappa shape index (κ3) is 67.3. The molecule has 0 aliphatic carbocycles. The third-order valence-electron chi connectivity index (χ3n) is 17.5. The summed E-state index contributed by atoms with van der Waals surface area (Å²) >= 11 is 0. The van der Waals surface area contributed by atoms with Crippen LogP contribution < -0.4 is 5.32 Å². The first-order chi connectivity index (χ1) is 40.0. The van der Waals surface area contributed by atoms with Crippen LogP contribution in [0.3, 0.4) is 0 Å². The van der Waals surface area contributed by atoms with Crippen molar-refractivity contribution < 1.29 is 24.5 Å². The number of hydrogen-bond acceptors (Lipinski definition) is 5. The summed E-state index contributed by atoms with van der Waals surface area (Å²) in [6, 6.07) is -0.626. The first kappa shape index (κ1) is 79.3. The highest BCUT2D eigenvalue weighted by molar-refractivity contribution is 5.76. The van der Waals surface area contributed by atoms with Crippen LogP contribution in [0.4, 0.5) is 0 Å². The molecule has 0 fully saturated rings. The first-order valence-corrected chi connectivity index (χ1v) is 37.1. The smallest absolute Gasteiger partial charge is 0.305 e. The molecule has 0 bridgehead atoms. The molecule has 0 radical (unpaired) electrons. The van der Waals surface area contributed by atoms with Gasteiger partial charge in [0.05, 0.1) is 25.4 Å². The topological polar surface area (TPSA) is 95.9 Å². The number of amides is 1. The number of aliphatic hydroxyl groups is 2. The third-order valence-corrected chi connectivity index (χ3v) is 17.5. The monoisotopic (exact) mass is 1140 g/mol. The molecule has 6 nitrogen and oxygen atoms in total. The van der Waals surface area contributed by atoms with Crippen molar-refractivity contribution in [2.45, 2.75) is 431 Å². The van der Waals surface area contributed by atoms with Crippen molar-refractivity contribution in [3.05, 3.63) is 24.3 Å². The van der Waals surface area contributed by atoms with Crippen LogP contribution in [0.1, 0.15) is 418 Å². The Morgan fingerprint density at radius 2 is 0.580 bits per heavy atom. The number of nitrogens with one attached hydrogen (secondary N) is 1. The molecule has 0 aliphatic rings. The lowest BCUT2D eigenvalue weighted by atomic mass is 10.0. The Morgan fingerprint density at radius 3 is 0.877 bits per heavy atom. The predicted octanol–water partition coefficient (Wildman–Crippen LogP) is 24.1. The average Bonchev–Trinajstić information content (AvgIpc) is 3.47. The molecule has 0 aromatic heterocycles. The second kappa shape index (κ2) is 70.8. The quantitative estimate of drug-likeness (QED) is 0.0320. The Labute approximate surface area is 507 Å². The summed E-state index contributed by atoms with van der Waals surface area (Å²) in [5.41, 5.74) is 0. The minimum absolute atomic E-state index is 0.0153. The first-order valence-electron chi connectivity index (χ1n) is 37.1. The van der Waals surface area contributed by atoms with Gasteiger partial charge in [0, 0.05) is 12.8 Å². The molecule has 81 heavy (non-hydrogen) atoms. The van der Waals surface area contributed by atoms with Crippen molar-refractivity contribution in [3.63, 3.8) is 0 Å². The molecule has 3 N–H and O–H groups in total. The lowest BCUT2D eigenvalue weighted by molar-refractivity contribution is -0.143. The van der Waals surface area contributed by atoms with E-state index in [0.717, 1.165) is 44.9 Å². The number of allylic oxidation sites excluding steroid dienone is 3. The van der Waals surface area contributed by atoms with Crippen LogP contribution in [0.2, 0.25) is 0 Å². The van der Waals surface area contributed by atoms with Crippen LogP contribution in [0.5, 0.6) is 0 Å². The molecule has 1 amide bonds. The zero-order valence-electron chi connectivity index (χ0n) is 55.0. The summed E-state index contributed by atoms with van der Waals surface area (Å²) in [5, 5.41) is 23.3. The summed E-state index contributed by atoms with van der Waals surface area (Å²) in [5.74, 6) is -0.0458. The molecule has 0 aromatic carbocycles. The molecule has 2 unspecified atom stereocenters. The maximum absolute atomic E-state index is 12.5. The van der Waals surface area contributed by atoms with Gasteiger partial charge >= 0.3 is 5.97 Å². The van der Waals surface area contributed by atoms with Gasteiger partial charge in [0.1, 0.15) is 0 Å². The lowest BCUT2D eigenvalue weighted by Gasteiger charge is -2.20. The number of hydrogen-bond donors (Lipinski definition) is 3. The van der Waals surface area contributed by atoms with Crippen LogP contribution in [0.25, 0.3) is 0 Å². The van der Waals surface area contributed by atoms with Gasteiger partial charge in [0.25, 0.3) is 0 Å². The van der Waals surface area contributed by atoms with Gasteiger partial charge in [-0.15, -0.1) is 0 Å². The highest BCUT2D eigenvalue weighted by atomic mass is 16.5. The highest BCUT2D eigenvalue weighted by Gasteiger charge is 2.18. The van der Waals surface area contributed by atoms with Gasteiger partial charge < -0.3 is 20.3 Å². The Bertz CT molecular complexity index is 1270. The van der Waals surface area contributed by atoms with Crippen molar-refractivity contribution in [1.82, 2.24) is 5.32 Å². The molecule has 0 aromatic rings. The van der Waals surface area contributed by atoms with E-state index >= 15 is 0 Å². The van der Waals surface area contributed by atoms with Gasteiger partial charge in [0.2, 0.25) is 5.91 Å². The van der Waals surface area contributed by atoms with Crippen LogP contribution in [-0.4, -0.2) is 47.4 Å². The van der Waals surface area contributed by atoms with Crippen molar-refractivity contribution in [2.24, 2.45) is 0 Å². The lowest BCUT2D eigenvalue weighted by Crippen LogP contribution is -2.45. The second-order valence-electron chi connectivity index (χ2n) is 25.6. The Morgan fingerprint density at radius 1 is 0.333 bits per heavy atom. The van der Waals surface area contributed by atoms with Crippen LogP contribution in [-0.2, 0) is 14.3 Å². The Balaban J connectivity index is 3.36. The van der Waals surface area contributed by atoms with Gasteiger partial charge in [-0.25, -0.2) is 0 Å². The maximum atomic E-state index is 12.5. The summed E-state index contributed by atoms with van der Waals surface area (Å²) in [7, 11) is 0. The van der Waals surface area contributed by atoms with Crippen molar-refractivity contribution in [3.8, 4) is 0 Å². The van der Waals surface area contributed by atoms with E-state index in [1.54, 1.807) is 6.08 Å². The molecule has 0 rings (SSSR count). The van der Waals surface area contributed by atoms with Gasteiger partial charge in [-0.3, -0.25) is 9.59 Å². The predicted molar refractivity (Wildman–Crippen MR) is 356 cm³/mol. The molecule has 480 valence electrons.